The van der Waals surface area contributed by atoms with E-state index in [-0.39, 0.29) is 18.0 Å². The van der Waals surface area contributed by atoms with Crippen molar-refractivity contribution >= 4 is 5.69 Å². The second-order valence-corrected chi connectivity index (χ2v) is 5.98. The van der Waals surface area contributed by atoms with Crippen molar-refractivity contribution in [1.29, 1.82) is 0 Å². The summed E-state index contributed by atoms with van der Waals surface area (Å²) in [5.74, 6) is 0.163. The molecule has 0 aliphatic carbocycles. The number of aliphatic hydroxyl groups excluding tert-OH is 1. The maximum atomic E-state index is 12.1. The van der Waals surface area contributed by atoms with Crippen LogP contribution in [0.3, 0.4) is 0 Å². The zero-order chi connectivity index (χ0) is 15.4. The normalized spacial score (nSPS) is 19.5. The van der Waals surface area contributed by atoms with E-state index in [0.29, 0.717) is 0 Å². The lowest BCUT2D eigenvalue weighted by Gasteiger charge is -2.33. The standard InChI is InChI=1S/C15H26N4O2/c1-4-12(2)14(20)11-19-15(21)9-13(10-16-19)18-7-5-17(3)6-8-18/h9-10,12,14,20H,4-8,11H2,1-3H3. The summed E-state index contributed by atoms with van der Waals surface area (Å²) in [4.78, 5) is 16.6. The smallest absolute Gasteiger partial charge is 0.268 e. The second-order valence-electron chi connectivity index (χ2n) is 5.98. The number of likely N-dealkylation sites (N-methyl/N-ethyl adjacent to an activating group) is 1. The number of hydrogen-bond donors (Lipinski definition) is 1. The van der Waals surface area contributed by atoms with Gasteiger partial charge in [0, 0.05) is 32.2 Å². The molecule has 1 aliphatic heterocycles. The average molecular weight is 294 g/mol. The first-order valence-electron chi connectivity index (χ1n) is 7.70. The van der Waals surface area contributed by atoms with Crippen molar-refractivity contribution < 1.29 is 5.11 Å². The van der Waals surface area contributed by atoms with Crippen LogP contribution in [-0.2, 0) is 6.54 Å². The highest BCUT2D eigenvalue weighted by molar-refractivity contribution is 5.43. The Morgan fingerprint density at radius 2 is 2.00 bits per heavy atom. The minimum Gasteiger partial charge on any atom is -0.391 e. The molecule has 0 amide bonds. The Hall–Kier alpha value is -1.40. The Labute approximate surface area is 126 Å². The lowest BCUT2D eigenvalue weighted by Crippen LogP contribution is -2.45. The van der Waals surface area contributed by atoms with Crippen LogP contribution in [0.4, 0.5) is 5.69 Å². The van der Waals surface area contributed by atoms with Crippen LogP contribution >= 0.6 is 0 Å². The number of rotatable bonds is 5. The molecule has 6 heteroatoms. The maximum absolute atomic E-state index is 12.1. The van der Waals surface area contributed by atoms with E-state index in [1.807, 2.05) is 13.8 Å². The minimum atomic E-state index is -0.533. The fourth-order valence-electron chi connectivity index (χ4n) is 2.43. The van der Waals surface area contributed by atoms with Gasteiger partial charge in [-0.2, -0.15) is 5.10 Å². The van der Waals surface area contributed by atoms with E-state index in [1.54, 1.807) is 12.3 Å². The Balaban J connectivity index is 2.05. The molecule has 21 heavy (non-hydrogen) atoms. The lowest BCUT2D eigenvalue weighted by atomic mass is 10.0. The van der Waals surface area contributed by atoms with Gasteiger partial charge in [-0.3, -0.25) is 4.79 Å². The largest absolute Gasteiger partial charge is 0.391 e. The quantitative estimate of drug-likeness (QED) is 0.852. The van der Waals surface area contributed by atoms with Crippen LogP contribution in [0.25, 0.3) is 0 Å². The third-order valence-electron chi connectivity index (χ3n) is 4.38. The Morgan fingerprint density at radius 1 is 1.33 bits per heavy atom. The lowest BCUT2D eigenvalue weighted by molar-refractivity contribution is 0.0912. The molecular formula is C15H26N4O2. The van der Waals surface area contributed by atoms with Gasteiger partial charge in [-0.05, 0) is 13.0 Å². The molecule has 1 aromatic heterocycles. The predicted octanol–water partition coefficient (Wildman–Crippen LogP) is 0.402. The molecule has 2 unspecified atom stereocenters. The zero-order valence-corrected chi connectivity index (χ0v) is 13.2. The minimum absolute atomic E-state index is 0.145. The van der Waals surface area contributed by atoms with E-state index in [4.69, 9.17) is 0 Å². The van der Waals surface area contributed by atoms with Gasteiger partial charge >= 0.3 is 0 Å². The highest BCUT2D eigenvalue weighted by Gasteiger charge is 2.17. The van der Waals surface area contributed by atoms with Crippen LogP contribution in [-0.4, -0.2) is 59.1 Å². The van der Waals surface area contributed by atoms with E-state index in [2.05, 4.69) is 21.9 Å². The molecule has 0 saturated carbocycles. The van der Waals surface area contributed by atoms with E-state index >= 15 is 0 Å². The monoisotopic (exact) mass is 294 g/mol. The SMILES string of the molecule is CCC(C)C(O)Cn1ncc(N2CCN(C)CC2)cc1=O. The molecule has 0 spiro atoms. The average Bonchev–Trinajstić information content (AvgIpc) is 2.49. The van der Waals surface area contributed by atoms with Crippen LogP contribution in [0, 0.1) is 5.92 Å². The van der Waals surface area contributed by atoms with Gasteiger partial charge in [0.15, 0.2) is 0 Å². The van der Waals surface area contributed by atoms with Crippen molar-refractivity contribution in [1.82, 2.24) is 14.7 Å². The van der Waals surface area contributed by atoms with Gasteiger partial charge in [0.25, 0.3) is 5.56 Å². The van der Waals surface area contributed by atoms with Gasteiger partial charge in [-0.15, -0.1) is 0 Å². The molecule has 1 N–H and O–H groups in total. The molecule has 0 aromatic carbocycles. The zero-order valence-electron chi connectivity index (χ0n) is 13.2. The fourth-order valence-corrected chi connectivity index (χ4v) is 2.43. The van der Waals surface area contributed by atoms with Crippen molar-refractivity contribution in [3.63, 3.8) is 0 Å². The van der Waals surface area contributed by atoms with Gasteiger partial charge in [-0.1, -0.05) is 20.3 Å². The van der Waals surface area contributed by atoms with Gasteiger partial charge in [0.1, 0.15) is 0 Å². The molecule has 1 aliphatic rings. The van der Waals surface area contributed by atoms with Gasteiger partial charge in [0.05, 0.1) is 24.5 Å². The first kappa shape index (κ1) is 16.0. The molecular weight excluding hydrogens is 268 g/mol. The van der Waals surface area contributed by atoms with E-state index < -0.39 is 6.10 Å². The molecule has 1 aromatic rings. The van der Waals surface area contributed by atoms with E-state index in [0.717, 1.165) is 38.3 Å². The van der Waals surface area contributed by atoms with Gasteiger partial charge in [0.2, 0.25) is 0 Å². The maximum Gasteiger partial charge on any atom is 0.268 e. The summed E-state index contributed by atoms with van der Waals surface area (Å²) in [5.41, 5.74) is 0.733. The number of anilines is 1. The molecule has 0 bridgehead atoms. The van der Waals surface area contributed by atoms with E-state index in [1.165, 1.54) is 4.68 Å². The predicted molar refractivity (Wildman–Crippen MR) is 83.7 cm³/mol. The van der Waals surface area contributed by atoms with Crippen molar-refractivity contribution in [3.05, 3.63) is 22.6 Å². The Kier molecular flexibility index (Phi) is 5.36. The van der Waals surface area contributed by atoms with Gasteiger partial charge in [-0.25, -0.2) is 4.68 Å². The topological polar surface area (TPSA) is 61.6 Å². The molecule has 2 heterocycles. The number of aliphatic hydroxyl groups is 1. The summed E-state index contributed by atoms with van der Waals surface area (Å²) >= 11 is 0. The number of piperazine rings is 1. The van der Waals surface area contributed by atoms with Crippen LogP contribution in [0.1, 0.15) is 20.3 Å². The summed E-state index contributed by atoms with van der Waals surface area (Å²) in [6, 6.07) is 1.63. The van der Waals surface area contributed by atoms with Crippen LogP contribution in [0.15, 0.2) is 17.1 Å². The van der Waals surface area contributed by atoms with Crippen molar-refractivity contribution in [3.8, 4) is 0 Å². The number of nitrogens with zero attached hydrogens (tertiary/aromatic N) is 4. The molecule has 118 valence electrons. The second kappa shape index (κ2) is 7.04. The third-order valence-corrected chi connectivity index (χ3v) is 4.38. The Bertz CT molecular complexity index is 509. The van der Waals surface area contributed by atoms with Crippen molar-refractivity contribution in [2.75, 3.05) is 38.1 Å². The van der Waals surface area contributed by atoms with Crippen LogP contribution < -0.4 is 10.5 Å². The first-order chi connectivity index (χ1) is 10.0. The summed E-state index contributed by atoms with van der Waals surface area (Å²) in [5, 5.41) is 14.2. The molecule has 1 saturated heterocycles. The summed E-state index contributed by atoms with van der Waals surface area (Å²) in [6.45, 7) is 8.09. The van der Waals surface area contributed by atoms with Crippen molar-refractivity contribution in [2.45, 2.75) is 32.9 Å². The molecule has 1 fully saturated rings. The molecule has 2 atom stereocenters. The van der Waals surface area contributed by atoms with Crippen LogP contribution in [0.5, 0.6) is 0 Å². The summed E-state index contributed by atoms with van der Waals surface area (Å²) in [7, 11) is 2.10. The Morgan fingerprint density at radius 3 is 2.57 bits per heavy atom. The molecule has 2 rings (SSSR count). The third kappa shape index (κ3) is 4.04. The van der Waals surface area contributed by atoms with Crippen molar-refractivity contribution in [2.24, 2.45) is 5.92 Å². The fraction of sp³-hybridized carbons (Fsp3) is 0.733. The highest BCUT2D eigenvalue weighted by atomic mass is 16.3. The molecule has 0 radical (unpaired) electrons. The van der Waals surface area contributed by atoms with Gasteiger partial charge < -0.3 is 14.9 Å². The summed E-state index contributed by atoms with van der Waals surface area (Å²) < 4.78 is 1.36. The molecule has 6 nitrogen and oxygen atoms in total. The number of aromatic nitrogens is 2. The first-order valence-corrected chi connectivity index (χ1v) is 7.70. The van der Waals surface area contributed by atoms with Crippen LogP contribution in [0.2, 0.25) is 0 Å². The highest BCUT2D eigenvalue weighted by Crippen LogP contribution is 2.13. The van der Waals surface area contributed by atoms with E-state index in [9.17, 15) is 9.90 Å². The number of hydrogen-bond acceptors (Lipinski definition) is 5. The summed E-state index contributed by atoms with van der Waals surface area (Å²) in [6.07, 6.45) is 2.08.